The fraction of sp³-hybridized carbons (Fsp3) is 0.0909. The van der Waals surface area contributed by atoms with Crippen LogP contribution in [0.3, 0.4) is 0 Å². The van der Waals surface area contributed by atoms with Crippen molar-refractivity contribution in [3.8, 4) is 6.07 Å². The van der Waals surface area contributed by atoms with E-state index in [1.54, 1.807) is 6.07 Å². The average Bonchev–Trinajstić information content (AvgIpc) is 2.81. The van der Waals surface area contributed by atoms with E-state index in [1.165, 1.54) is 10.9 Å². The summed E-state index contributed by atoms with van der Waals surface area (Å²) in [5.74, 6) is -2.32. The van der Waals surface area contributed by atoms with Crippen LogP contribution in [0.25, 0.3) is 0 Å². The SMILES string of the molecule is N#Cc1nncn1CC(=O)Nc1c(F)cc(F)cc1Br. The van der Waals surface area contributed by atoms with Crippen molar-refractivity contribution >= 4 is 27.5 Å². The molecule has 9 heteroatoms. The first kappa shape index (κ1) is 14.1. The molecule has 0 aliphatic heterocycles. The number of hydrogen-bond acceptors (Lipinski definition) is 4. The molecule has 0 aliphatic carbocycles. The molecule has 2 aromatic rings. The van der Waals surface area contributed by atoms with E-state index < -0.39 is 17.5 Å². The van der Waals surface area contributed by atoms with E-state index in [-0.39, 0.29) is 22.5 Å². The monoisotopic (exact) mass is 341 g/mol. The van der Waals surface area contributed by atoms with Crippen LogP contribution in [-0.4, -0.2) is 20.7 Å². The first-order chi connectivity index (χ1) is 9.51. The van der Waals surface area contributed by atoms with Crippen molar-refractivity contribution in [1.82, 2.24) is 14.8 Å². The largest absolute Gasteiger partial charge is 0.321 e. The highest BCUT2D eigenvalue weighted by molar-refractivity contribution is 9.10. The lowest BCUT2D eigenvalue weighted by molar-refractivity contribution is -0.116. The highest BCUT2D eigenvalue weighted by Crippen LogP contribution is 2.26. The molecule has 0 fully saturated rings. The Labute approximate surface area is 120 Å². The molecule has 1 heterocycles. The normalized spacial score (nSPS) is 10.1. The first-order valence-electron chi connectivity index (χ1n) is 5.23. The van der Waals surface area contributed by atoms with Gasteiger partial charge in [-0.2, -0.15) is 5.26 Å². The fourth-order valence-electron chi connectivity index (χ4n) is 1.45. The number of nitrogens with zero attached hydrogens (tertiary/aromatic N) is 4. The summed E-state index contributed by atoms with van der Waals surface area (Å²) >= 11 is 2.95. The van der Waals surface area contributed by atoms with E-state index >= 15 is 0 Å². The molecular formula is C11H6BrF2N5O. The summed E-state index contributed by atoms with van der Waals surface area (Å²) in [6.45, 7) is -0.265. The number of nitrogens with one attached hydrogen (secondary N) is 1. The third-order valence-corrected chi connectivity index (χ3v) is 2.93. The number of halogens is 3. The number of hydrogen-bond donors (Lipinski definition) is 1. The maximum Gasteiger partial charge on any atom is 0.244 e. The number of nitriles is 1. The fourth-order valence-corrected chi connectivity index (χ4v) is 1.96. The number of anilines is 1. The number of carbonyl (C=O) groups is 1. The quantitative estimate of drug-likeness (QED) is 0.922. The lowest BCUT2D eigenvalue weighted by atomic mass is 10.3. The van der Waals surface area contributed by atoms with E-state index in [9.17, 15) is 13.6 Å². The molecule has 0 saturated heterocycles. The molecule has 1 aromatic heterocycles. The summed E-state index contributed by atoms with van der Waals surface area (Å²) in [6.07, 6.45) is 1.20. The Morgan fingerprint density at radius 1 is 1.50 bits per heavy atom. The minimum absolute atomic E-state index is 0.0428. The summed E-state index contributed by atoms with van der Waals surface area (Å²) in [6, 6.07) is 3.43. The number of rotatable bonds is 3. The summed E-state index contributed by atoms with van der Waals surface area (Å²) in [7, 11) is 0. The van der Waals surface area contributed by atoms with Crippen LogP contribution in [0.4, 0.5) is 14.5 Å². The van der Waals surface area contributed by atoms with E-state index in [4.69, 9.17) is 5.26 Å². The van der Waals surface area contributed by atoms with Crippen LogP contribution in [0.1, 0.15) is 5.82 Å². The average molecular weight is 342 g/mol. The Kier molecular flexibility index (Phi) is 4.05. The molecule has 102 valence electrons. The molecule has 1 aromatic carbocycles. The second-order valence-electron chi connectivity index (χ2n) is 3.69. The van der Waals surface area contributed by atoms with Crippen molar-refractivity contribution in [2.45, 2.75) is 6.54 Å². The van der Waals surface area contributed by atoms with Crippen LogP contribution in [0, 0.1) is 23.0 Å². The third-order valence-electron chi connectivity index (χ3n) is 2.30. The minimum Gasteiger partial charge on any atom is -0.321 e. The molecule has 0 unspecified atom stereocenters. The van der Waals surface area contributed by atoms with Gasteiger partial charge in [-0.15, -0.1) is 10.2 Å². The molecule has 0 bridgehead atoms. The highest BCUT2D eigenvalue weighted by Gasteiger charge is 2.14. The van der Waals surface area contributed by atoms with E-state index in [0.717, 1.165) is 6.07 Å². The molecule has 6 nitrogen and oxygen atoms in total. The van der Waals surface area contributed by atoms with E-state index in [0.29, 0.717) is 6.07 Å². The second kappa shape index (κ2) is 5.75. The number of benzene rings is 1. The Morgan fingerprint density at radius 2 is 2.25 bits per heavy atom. The number of amides is 1. The highest BCUT2D eigenvalue weighted by atomic mass is 79.9. The van der Waals surface area contributed by atoms with Crippen LogP contribution in [0.15, 0.2) is 22.9 Å². The maximum absolute atomic E-state index is 13.5. The van der Waals surface area contributed by atoms with Crippen LogP contribution < -0.4 is 5.32 Å². The topological polar surface area (TPSA) is 83.6 Å². The zero-order valence-corrected chi connectivity index (χ0v) is 11.4. The standard InChI is InChI=1S/C11H6BrF2N5O/c12-7-1-6(13)2-8(14)11(7)17-10(20)4-19-5-16-18-9(19)3-15/h1-2,5H,4H2,(H,17,20). The summed E-state index contributed by atoms with van der Waals surface area (Å²) in [5.41, 5.74) is -0.178. The number of aromatic nitrogens is 3. The minimum atomic E-state index is -0.908. The summed E-state index contributed by atoms with van der Waals surface area (Å²) in [5, 5.41) is 18.0. The number of carbonyl (C=O) groups excluding carboxylic acids is 1. The Hall–Kier alpha value is -2.34. The molecule has 20 heavy (non-hydrogen) atoms. The van der Waals surface area contributed by atoms with Gasteiger partial charge in [-0.25, -0.2) is 8.78 Å². The Bertz CT molecular complexity index is 686. The maximum atomic E-state index is 13.5. The van der Waals surface area contributed by atoms with Gasteiger partial charge in [0.05, 0.1) is 5.69 Å². The predicted molar refractivity (Wildman–Crippen MR) is 67.4 cm³/mol. The van der Waals surface area contributed by atoms with Crippen molar-refractivity contribution in [3.63, 3.8) is 0 Å². The van der Waals surface area contributed by atoms with Gasteiger partial charge >= 0.3 is 0 Å². The van der Waals surface area contributed by atoms with Crippen molar-refractivity contribution in [3.05, 3.63) is 40.4 Å². The predicted octanol–water partition coefficient (Wildman–Crippen LogP) is 1.83. The first-order valence-corrected chi connectivity index (χ1v) is 6.03. The van der Waals surface area contributed by atoms with Crippen LogP contribution >= 0.6 is 15.9 Å². The molecule has 0 atom stereocenters. The van der Waals surface area contributed by atoms with Crippen LogP contribution in [0.2, 0.25) is 0 Å². The molecule has 1 N–H and O–H groups in total. The smallest absolute Gasteiger partial charge is 0.244 e. The second-order valence-corrected chi connectivity index (χ2v) is 4.54. The van der Waals surface area contributed by atoms with Gasteiger partial charge in [-0.1, -0.05) is 0 Å². The zero-order chi connectivity index (χ0) is 14.7. The van der Waals surface area contributed by atoms with E-state index in [1.807, 2.05) is 0 Å². The van der Waals surface area contributed by atoms with Crippen molar-refractivity contribution < 1.29 is 13.6 Å². The molecular weight excluding hydrogens is 336 g/mol. The van der Waals surface area contributed by atoms with Gasteiger partial charge in [0, 0.05) is 10.5 Å². The molecule has 0 radical (unpaired) electrons. The summed E-state index contributed by atoms with van der Waals surface area (Å²) in [4.78, 5) is 11.8. The van der Waals surface area contributed by atoms with Crippen molar-refractivity contribution in [2.75, 3.05) is 5.32 Å². The van der Waals surface area contributed by atoms with Gasteiger partial charge in [0.1, 0.15) is 24.8 Å². The lowest BCUT2D eigenvalue weighted by Gasteiger charge is -2.09. The summed E-state index contributed by atoms with van der Waals surface area (Å²) < 4.78 is 27.7. The van der Waals surface area contributed by atoms with Crippen molar-refractivity contribution in [2.24, 2.45) is 0 Å². The van der Waals surface area contributed by atoms with E-state index in [2.05, 4.69) is 31.4 Å². The Morgan fingerprint density at radius 3 is 2.90 bits per heavy atom. The van der Waals surface area contributed by atoms with Gasteiger partial charge in [0.15, 0.2) is 5.82 Å². The van der Waals surface area contributed by atoms with Gasteiger partial charge in [0.25, 0.3) is 0 Å². The molecule has 0 saturated carbocycles. The Balaban J connectivity index is 2.15. The van der Waals surface area contributed by atoms with Crippen LogP contribution in [0.5, 0.6) is 0 Å². The van der Waals surface area contributed by atoms with Gasteiger partial charge in [-0.3, -0.25) is 9.36 Å². The van der Waals surface area contributed by atoms with Gasteiger partial charge < -0.3 is 5.32 Å². The lowest BCUT2D eigenvalue weighted by Crippen LogP contribution is -2.20. The molecule has 2 rings (SSSR count). The van der Waals surface area contributed by atoms with Gasteiger partial charge in [-0.05, 0) is 22.0 Å². The molecule has 0 spiro atoms. The van der Waals surface area contributed by atoms with Gasteiger partial charge in [0.2, 0.25) is 11.7 Å². The third kappa shape index (κ3) is 2.97. The molecule has 0 aliphatic rings. The van der Waals surface area contributed by atoms with Crippen molar-refractivity contribution in [1.29, 1.82) is 5.26 Å². The molecule has 1 amide bonds. The zero-order valence-electron chi connectivity index (χ0n) is 9.77. The van der Waals surface area contributed by atoms with Crippen LogP contribution in [-0.2, 0) is 11.3 Å².